The molecule has 2 aromatic carbocycles. The van der Waals surface area contributed by atoms with E-state index in [-0.39, 0.29) is 5.82 Å². The van der Waals surface area contributed by atoms with Crippen molar-refractivity contribution in [2.45, 2.75) is 32.7 Å². The number of hydrogen-bond donors (Lipinski definition) is 2. The number of rotatable bonds is 7. The van der Waals surface area contributed by atoms with Crippen molar-refractivity contribution in [3.63, 3.8) is 0 Å². The maximum Gasteiger partial charge on any atom is 0.248 e. The summed E-state index contributed by atoms with van der Waals surface area (Å²) >= 11 is 1.69. The van der Waals surface area contributed by atoms with Gasteiger partial charge in [-0.1, -0.05) is 24.3 Å². The van der Waals surface area contributed by atoms with E-state index in [9.17, 15) is 18.0 Å². The van der Waals surface area contributed by atoms with Gasteiger partial charge in [-0.15, -0.1) is 11.3 Å². The minimum atomic E-state index is -2.50. The van der Waals surface area contributed by atoms with Crippen LogP contribution in [0.5, 0.6) is 0 Å². The van der Waals surface area contributed by atoms with Gasteiger partial charge in [0.1, 0.15) is 5.82 Å². The molecule has 7 heteroatoms. The first-order valence-corrected chi connectivity index (χ1v) is 10.3. The average Bonchev–Trinajstić information content (AvgIpc) is 3.13. The molecule has 0 unspecified atom stereocenters. The van der Waals surface area contributed by atoms with E-state index in [1.807, 2.05) is 18.2 Å². The van der Waals surface area contributed by atoms with Crippen LogP contribution < -0.4 is 11.1 Å². The highest BCUT2D eigenvalue weighted by Gasteiger charge is 2.08. The molecule has 1 amide bonds. The van der Waals surface area contributed by atoms with Gasteiger partial charge in [0.2, 0.25) is 11.8 Å². The molecule has 0 aliphatic heterocycles. The minimum Gasteiger partial charge on any atom is -0.366 e. The largest absolute Gasteiger partial charge is 0.366 e. The number of carbonyl (C=O) groups excluding carboxylic acids is 1. The molecule has 0 aliphatic rings. The van der Waals surface area contributed by atoms with Crippen molar-refractivity contribution in [3.8, 4) is 11.1 Å². The fourth-order valence-corrected chi connectivity index (χ4v) is 3.45. The van der Waals surface area contributed by atoms with Crippen LogP contribution in [0, 0.1) is 5.82 Å². The van der Waals surface area contributed by atoms with E-state index in [2.05, 4.69) is 16.8 Å². The molecule has 3 N–H and O–H groups in total. The Bertz CT molecular complexity index is 944. The number of nitrogens with one attached hydrogen (secondary N) is 1. The number of halogens is 3. The third kappa shape index (κ3) is 8.80. The van der Waals surface area contributed by atoms with Gasteiger partial charge in [-0.2, -0.15) is 0 Å². The van der Waals surface area contributed by atoms with Crippen molar-refractivity contribution < 1.29 is 18.0 Å². The van der Waals surface area contributed by atoms with Crippen LogP contribution in [0.2, 0.25) is 0 Å². The maximum absolute atomic E-state index is 13.1. The molecule has 0 spiro atoms. The van der Waals surface area contributed by atoms with Gasteiger partial charge < -0.3 is 11.1 Å². The van der Waals surface area contributed by atoms with Crippen LogP contribution in [0.4, 0.5) is 13.2 Å². The molecule has 0 bridgehead atoms. The number of benzene rings is 2. The smallest absolute Gasteiger partial charge is 0.248 e. The molecule has 30 heavy (non-hydrogen) atoms. The minimum absolute atomic E-state index is 0.192. The third-order valence-electron chi connectivity index (χ3n) is 3.94. The number of amides is 1. The first-order chi connectivity index (χ1) is 14.1. The Balaban J connectivity index is 0.000000575. The summed E-state index contributed by atoms with van der Waals surface area (Å²) < 4.78 is 35.2. The van der Waals surface area contributed by atoms with Gasteiger partial charge in [0.25, 0.3) is 0 Å². The lowest BCUT2D eigenvalue weighted by Gasteiger charge is -2.04. The van der Waals surface area contributed by atoms with E-state index in [0.29, 0.717) is 5.56 Å². The normalized spacial score (nSPS) is 11.0. The zero-order chi connectivity index (χ0) is 22.1. The SMILES string of the molecule is CC(C)(F)F.NC(=O)c1ccc(-c2csc(CNCCc3cccc(F)c3)c2)cc1. The van der Waals surface area contributed by atoms with Crippen LogP contribution in [0.1, 0.15) is 34.6 Å². The molecule has 0 fully saturated rings. The molecular weight excluding hydrogens is 409 g/mol. The lowest BCUT2D eigenvalue weighted by molar-refractivity contribution is 0.0437. The van der Waals surface area contributed by atoms with Gasteiger partial charge in [-0.3, -0.25) is 4.79 Å². The van der Waals surface area contributed by atoms with Gasteiger partial charge in [-0.05, 0) is 79.2 Å². The summed E-state index contributed by atoms with van der Waals surface area (Å²) in [6, 6.07) is 16.1. The van der Waals surface area contributed by atoms with Gasteiger partial charge >= 0.3 is 0 Å². The van der Waals surface area contributed by atoms with Crippen molar-refractivity contribution >= 4 is 17.2 Å². The van der Waals surface area contributed by atoms with Crippen LogP contribution in [-0.4, -0.2) is 18.4 Å². The van der Waals surface area contributed by atoms with Crippen molar-refractivity contribution in [2.75, 3.05) is 6.54 Å². The first-order valence-electron chi connectivity index (χ1n) is 9.42. The lowest BCUT2D eigenvalue weighted by Crippen LogP contribution is -2.15. The van der Waals surface area contributed by atoms with E-state index in [1.54, 1.807) is 35.6 Å². The number of thiophene rings is 1. The van der Waals surface area contributed by atoms with Crippen LogP contribution in [0.15, 0.2) is 60.0 Å². The van der Waals surface area contributed by atoms with Crippen molar-refractivity contribution in [3.05, 3.63) is 81.8 Å². The summed E-state index contributed by atoms with van der Waals surface area (Å²) in [7, 11) is 0. The molecule has 160 valence electrons. The summed E-state index contributed by atoms with van der Waals surface area (Å²) in [4.78, 5) is 12.3. The molecular formula is C23H25F3N2OS. The van der Waals surface area contributed by atoms with Crippen LogP contribution in [0.3, 0.4) is 0 Å². The van der Waals surface area contributed by atoms with Crippen LogP contribution >= 0.6 is 11.3 Å². The van der Waals surface area contributed by atoms with E-state index in [4.69, 9.17) is 5.73 Å². The Morgan fingerprint density at radius 1 is 1.07 bits per heavy atom. The zero-order valence-corrected chi connectivity index (χ0v) is 17.7. The molecule has 3 rings (SSSR count). The summed E-state index contributed by atoms with van der Waals surface area (Å²) in [6.45, 7) is 3.28. The Morgan fingerprint density at radius 3 is 2.33 bits per heavy atom. The molecule has 0 radical (unpaired) electrons. The average molecular weight is 435 g/mol. The summed E-state index contributed by atoms with van der Waals surface area (Å²) in [5.74, 6) is -3.11. The zero-order valence-electron chi connectivity index (χ0n) is 16.9. The monoisotopic (exact) mass is 434 g/mol. The predicted octanol–water partition coefficient (Wildman–Crippen LogP) is 5.65. The number of hydrogen-bond acceptors (Lipinski definition) is 3. The lowest BCUT2D eigenvalue weighted by atomic mass is 10.1. The van der Waals surface area contributed by atoms with Gasteiger partial charge in [-0.25, -0.2) is 13.2 Å². The van der Waals surface area contributed by atoms with Crippen LogP contribution in [-0.2, 0) is 13.0 Å². The second kappa shape index (κ2) is 10.9. The molecule has 1 aromatic heterocycles. The summed E-state index contributed by atoms with van der Waals surface area (Å²) in [5.41, 5.74) is 8.96. The number of alkyl halides is 2. The quantitative estimate of drug-likeness (QED) is 0.473. The third-order valence-corrected chi connectivity index (χ3v) is 4.87. The van der Waals surface area contributed by atoms with E-state index < -0.39 is 11.8 Å². The molecule has 3 aromatic rings. The highest BCUT2D eigenvalue weighted by atomic mass is 32.1. The molecule has 3 nitrogen and oxygen atoms in total. The maximum atomic E-state index is 13.1. The number of nitrogens with two attached hydrogens (primary N) is 1. The van der Waals surface area contributed by atoms with E-state index >= 15 is 0 Å². The summed E-state index contributed by atoms with van der Waals surface area (Å²) in [6.07, 6.45) is 0.796. The van der Waals surface area contributed by atoms with E-state index in [1.165, 1.54) is 10.9 Å². The molecule has 0 aliphatic carbocycles. The second-order valence-corrected chi connectivity index (χ2v) is 8.12. The van der Waals surface area contributed by atoms with Gasteiger partial charge in [0.15, 0.2) is 0 Å². The van der Waals surface area contributed by atoms with E-state index in [0.717, 1.165) is 50.0 Å². The van der Waals surface area contributed by atoms with Crippen LogP contribution in [0.25, 0.3) is 11.1 Å². The van der Waals surface area contributed by atoms with Crippen molar-refractivity contribution in [1.29, 1.82) is 0 Å². The molecule has 0 saturated carbocycles. The first kappa shape index (κ1) is 23.6. The molecule has 0 saturated heterocycles. The standard InChI is InChI=1S/C20H19FN2OS.C3H6F2/c21-18-3-1-2-14(10-18)8-9-23-12-19-11-17(13-25-19)15-4-6-16(7-5-15)20(22)24;1-3(2,4)5/h1-7,10-11,13,23H,8-9,12H2,(H2,22,24);1-2H3. The van der Waals surface area contributed by atoms with Crippen molar-refractivity contribution in [2.24, 2.45) is 5.73 Å². The Hall–Kier alpha value is -2.64. The fraction of sp³-hybridized carbons (Fsp3) is 0.261. The van der Waals surface area contributed by atoms with Crippen molar-refractivity contribution in [1.82, 2.24) is 5.32 Å². The van der Waals surface area contributed by atoms with Gasteiger partial charge in [0.05, 0.1) is 0 Å². The molecule has 0 atom stereocenters. The second-order valence-electron chi connectivity index (χ2n) is 7.13. The predicted molar refractivity (Wildman–Crippen MR) is 116 cm³/mol. The topological polar surface area (TPSA) is 55.1 Å². The Kier molecular flexibility index (Phi) is 8.62. The number of carbonyl (C=O) groups is 1. The fourth-order valence-electron chi connectivity index (χ4n) is 2.59. The number of primary amides is 1. The van der Waals surface area contributed by atoms with Gasteiger partial charge in [0, 0.05) is 17.0 Å². The Morgan fingerprint density at radius 2 is 1.73 bits per heavy atom. The Labute approximate surface area is 178 Å². The highest BCUT2D eigenvalue weighted by molar-refractivity contribution is 7.10. The summed E-state index contributed by atoms with van der Waals surface area (Å²) in [5, 5.41) is 5.49. The molecule has 1 heterocycles. The highest BCUT2D eigenvalue weighted by Crippen LogP contribution is 2.26.